The summed E-state index contributed by atoms with van der Waals surface area (Å²) in [4.78, 5) is 7.84. The molecule has 0 amide bonds. The fraction of sp³-hybridized carbons (Fsp3) is 0.250. The summed E-state index contributed by atoms with van der Waals surface area (Å²) in [5.74, 6) is 1.42. The van der Waals surface area contributed by atoms with Gasteiger partial charge in [0.05, 0.1) is 24.5 Å². The molecule has 0 radical (unpaired) electrons. The van der Waals surface area contributed by atoms with Crippen molar-refractivity contribution < 1.29 is 4.42 Å². The number of oxazole rings is 1. The highest BCUT2D eigenvalue weighted by Gasteiger charge is 2.15. The third-order valence-corrected chi connectivity index (χ3v) is 5.40. The van der Waals surface area contributed by atoms with Crippen molar-refractivity contribution in [1.82, 2.24) is 30.8 Å². The van der Waals surface area contributed by atoms with Gasteiger partial charge in [0.1, 0.15) is 5.76 Å². The minimum atomic E-state index is 0.487. The lowest BCUT2D eigenvalue weighted by molar-refractivity contribution is 0.482. The van der Waals surface area contributed by atoms with Gasteiger partial charge in [0.15, 0.2) is 0 Å². The second-order valence-electron chi connectivity index (χ2n) is 8.02. The van der Waals surface area contributed by atoms with Crippen LogP contribution in [0, 0.1) is 0 Å². The average molecular weight is 415 g/mol. The van der Waals surface area contributed by atoms with Crippen molar-refractivity contribution in [3.05, 3.63) is 60.7 Å². The van der Waals surface area contributed by atoms with Crippen LogP contribution in [0.3, 0.4) is 0 Å². The maximum Gasteiger partial charge on any atom is 0.227 e. The number of nitrogens with zero attached hydrogens (tertiary/aromatic N) is 2. The van der Waals surface area contributed by atoms with Gasteiger partial charge in [-0.2, -0.15) is 5.10 Å². The van der Waals surface area contributed by atoms with Gasteiger partial charge in [-0.15, -0.1) is 0 Å². The Morgan fingerprint density at radius 1 is 1.00 bits per heavy atom. The quantitative estimate of drug-likeness (QED) is 0.281. The van der Waals surface area contributed by atoms with E-state index in [1.807, 2.05) is 12.4 Å². The van der Waals surface area contributed by atoms with Gasteiger partial charge in [-0.1, -0.05) is 26.0 Å². The van der Waals surface area contributed by atoms with Crippen molar-refractivity contribution in [2.75, 3.05) is 13.1 Å². The van der Waals surface area contributed by atoms with Crippen LogP contribution in [-0.2, 0) is 6.54 Å². The third kappa shape index (κ3) is 3.97. The first-order valence-corrected chi connectivity index (χ1v) is 10.6. The minimum Gasteiger partial charge on any atom is -0.440 e. The molecule has 0 aliphatic heterocycles. The van der Waals surface area contributed by atoms with Crippen LogP contribution < -0.4 is 10.6 Å². The van der Waals surface area contributed by atoms with E-state index in [-0.39, 0.29) is 0 Å². The van der Waals surface area contributed by atoms with Crippen LogP contribution in [0.2, 0.25) is 0 Å². The van der Waals surface area contributed by atoms with Gasteiger partial charge in [0.2, 0.25) is 5.89 Å². The first-order valence-electron chi connectivity index (χ1n) is 10.6. The molecule has 158 valence electrons. The van der Waals surface area contributed by atoms with Crippen LogP contribution in [0.5, 0.6) is 0 Å². The molecule has 0 atom stereocenters. The molecule has 0 unspecified atom stereocenters. The molecule has 0 saturated heterocycles. The van der Waals surface area contributed by atoms with E-state index in [0.29, 0.717) is 18.5 Å². The maximum absolute atomic E-state index is 6.10. The number of nitrogens with one attached hydrogen (secondary N) is 4. The largest absolute Gasteiger partial charge is 0.440 e. The Morgan fingerprint density at radius 3 is 2.84 bits per heavy atom. The molecule has 3 aromatic heterocycles. The summed E-state index contributed by atoms with van der Waals surface area (Å²) < 4.78 is 6.10. The van der Waals surface area contributed by atoms with Gasteiger partial charge in [0, 0.05) is 47.2 Å². The topological polar surface area (TPSA) is 94.6 Å². The van der Waals surface area contributed by atoms with Gasteiger partial charge < -0.3 is 20.0 Å². The highest BCUT2D eigenvalue weighted by molar-refractivity contribution is 6.01. The van der Waals surface area contributed by atoms with E-state index in [1.165, 1.54) is 5.39 Å². The first-order chi connectivity index (χ1) is 15.2. The predicted octanol–water partition coefficient (Wildman–Crippen LogP) is 4.45. The molecule has 3 heterocycles. The summed E-state index contributed by atoms with van der Waals surface area (Å²) >= 11 is 0. The van der Waals surface area contributed by atoms with Crippen LogP contribution >= 0.6 is 0 Å². The number of benzene rings is 2. The molecule has 4 N–H and O–H groups in total. The van der Waals surface area contributed by atoms with Crippen molar-refractivity contribution in [1.29, 1.82) is 0 Å². The van der Waals surface area contributed by atoms with E-state index >= 15 is 0 Å². The Morgan fingerprint density at radius 2 is 1.94 bits per heavy atom. The van der Waals surface area contributed by atoms with E-state index in [9.17, 15) is 0 Å². The highest BCUT2D eigenvalue weighted by Crippen LogP contribution is 2.35. The summed E-state index contributed by atoms with van der Waals surface area (Å²) in [6, 6.07) is 13.1. The molecular weight excluding hydrogens is 388 g/mol. The number of fused-ring (bicyclic) bond motifs is 2. The van der Waals surface area contributed by atoms with Gasteiger partial charge in [-0.25, -0.2) is 4.98 Å². The van der Waals surface area contributed by atoms with Crippen molar-refractivity contribution in [3.8, 4) is 22.6 Å². The molecule has 5 rings (SSSR count). The lowest BCUT2D eigenvalue weighted by Crippen LogP contribution is -2.31. The highest BCUT2D eigenvalue weighted by atomic mass is 16.4. The Labute approximate surface area is 180 Å². The number of rotatable bonds is 8. The van der Waals surface area contributed by atoms with E-state index in [0.717, 1.165) is 52.0 Å². The lowest BCUT2D eigenvalue weighted by Gasteiger charge is -2.08. The van der Waals surface area contributed by atoms with Crippen molar-refractivity contribution >= 4 is 21.8 Å². The summed E-state index contributed by atoms with van der Waals surface area (Å²) in [5.41, 5.74) is 5.25. The first kappa shape index (κ1) is 19.5. The van der Waals surface area contributed by atoms with Crippen molar-refractivity contribution in [2.45, 2.75) is 26.4 Å². The van der Waals surface area contributed by atoms with Crippen molar-refractivity contribution in [3.63, 3.8) is 0 Å². The molecule has 0 spiro atoms. The van der Waals surface area contributed by atoms with Gasteiger partial charge in [-0.3, -0.25) is 5.10 Å². The Kier molecular flexibility index (Phi) is 5.28. The SMILES string of the molecule is CC(C)NCCNCc1cnc(-c2cc(-c3cccc4[nH]ccc34)cc3[nH]ncc23)o1. The minimum absolute atomic E-state index is 0.487. The molecule has 2 aromatic carbocycles. The average Bonchev–Trinajstić information content (AvgIpc) is 3.52. The molecule has 7 nitrogen and oxygen atoms in total. The second kappa shape index (κ2) is 8.37. The molecule has 0 saturated carbocycles. The number of aromatic amines is 2. The summed E-state index contributed by atoms with van der Waals surface area (Å²) in [7, 11) is 0. The Balaban J connectivity index is 1.45. The molecular formula is C24H26N6O. The van der Waals surface area contributed by atoms with Gasteiger partial charge in [0.25, 0.3) is 0 Å². The fourth-order valence-corrected chi connectivity index (χ4v) is 3.90. The molecule has 5 aromatic rings. The van der Waals surface area contributed by atoms with E-state index < -0.39 is 0 Å². The zero-order valence-electron chi connectivity index (χ0n) is 17.7. The third-order valence-electron chi connectivity index (χ3n) is 5.40. The summed E-state index contributed by atoms with van der Waals surface area (Å²) in [6.07, 6.45) is 5.59. The lowest BCUT2D eigenvalue weighted by atomic mass is 9.98. The van der Waals surface area contributed by atoms with Crippen LogP contribution in [-0.4, -0.2) is 39.3 Å². The zero-order valence-corrected chi connectivity index (χ0v) is 17.7. The number of hydrogen-bond donors (Lipinski definition) is 4. The molecule has 31 heavy (non-hydrogen) atoms. The number of H-pyrrole nitrogens is 2. The standard InChI is InChI=1S/C24H26N6O/c1-15(2)26-9-8-25-12-17-13-28-24(31-17)20-10-16(11-23-21(20)14-29-30-23)18-4-3-5-22-19(18)6-7-27-22/h3-7,10-11,13-15,25-27H,8-9,12H2,1-2H3,(H,29,30). The smallest absolute Gasteiger partial charge is 0.227 e. The van der Waals surface area contributed by atoms with E-state index in [1.54, 1.807) is 6.20 Å². The monoisotopic (exact) mass is 414 g/mol. The second-order valence-corrected chi connectivity index (χ2v) is 8.02. The van der Waals surface area contributed by atoms with Crippen LogP contribution in [0.1, 0.15) is 19.6 Å². The van der Waals surface area contributed by atoms with Gasteiger partial charge >= 0.3 is 0 Å². The Hall–Kier alpha value is -3.42. The summed E-state index contributed by atoms with van der Waals surface area (Å²) in [5, 5.41) is 16.3. The molecule has 0 fully saturated rings. The Bertz CT molecular complexity index is 1310. The molecule has 0 aliphatic carbocycles. The van der Waals surface area contributed by atoms with Crippen LogP contribution in [0.4, 0.5) is 0 Å². The zero-order chi connectivity index (χ0) is 21.2. The van der Waals surface area contributed by atoms with E-state index in [4.69, 9.17) is 4.42 Å². The summed E-state index contributed by atoms with van der Waals surface area (Å²) in [6.45, 7) is 6.72. The molecule has 0 aliphatic rings. The van der Waals surface area contributed by atoms with Crippen molar-refractivity contribution in [2.24, 2.45) is 0 Å². The molecule has 7 heteroatoms. The van der Waals surface area contributed by atoms with Gasteiger partial charge in [-0.05, 0) is 35.4 Å². The fourth-order valence-electron chi connectivity index (χ4n) is 3.90. The number of hydrogen-bond acceptors (Lipinski definition) is 5. The normalized spacial score (nSPS) is 11.8. The maximum atomic E-state index is 6.10. The van der Waals surface area contributed by atoms with E-state index in [2.05, 4.69) is 81.0 Å². The van der Waals surface area contributed by atoms with Crippen LogP contribution in [0.15, 0.2) is 59.4 Å². The molecule has 0 bridgehead atoms. The number of aromatic nitrogens is 4. The predicted molar refractivity (Wildman–Crippen MR) is 124 cm³/mol. The van der Waals surface area contributed by atoms with Crippen LogP contribution in [0.25, 0.3) is 44.4 Å².